The predicted octanol–water partition coefficient (Wildman–Crippen LogP) is 3.48. The number of carbonyl (C=O) groups is 1. The van der Waals surface area contributed by atoms with E-state index in [0.717, 1.165) is 11.8 Å². The summed E-state index contributed by atoms with van der Waals surface area (Å²) < 4.78 is 11.0. The number of hydrogen-bond donors (Lipinski definition) is 0. The number of methoxy groups -OCH3 is 1. The number of ether oxygens (including phenoxy) is 2. The monoisotopic (exact) mass is 267 g/mol. The lowest BCUT2D eigenvalue weighted by Crippen LogP contribution is -1.93. The minimum absolute atomic E-state index is 0.485. The Morgan fingerprint density at radius 3 is 2.45 bits per heavy atom. The lowest BCUT2D eigenvalue weighted by Gasteiger charge is -2.12. The van der Waals surface area contributed by atoms with Crippen molar-refractivity contribution >= 4 is 6.29 Å². The number of carbonyl (C=O) groups excluding carboxylic acids is 1. The number of aldehydes is 1. The molecule has 0 aliphatic rings. The van der Waals surface area contributed by atoms with Gasteiger partial charge in [-0.2, -0.15) is 5.26 Å². The molecule has 20 heavy (non-hydrogen) atoms. The zero-order valence-electron chi connectivity index (χ0n) is 11.2. The van der Waals surface area contributed by atoms with Crippen molar-refractivity contribution in [2.24, 2.45) is 0 Å². The lowest BCUT2D eigenvalue weighted by atomic mass is 10.1. The van der Waals surface area contributed by atoms with Crippen molar-refractivity contribution in [2.75, 3.05) is 7.11 Å². The first-order chi connectivity index (χ1) is 9.67. The minimum atomic E-state index is 0.485. The fourth-order valence-corrected chi connectivity index (χ4v) is 1.79. The van der Waals surface area contributed by atoms with Crippen LogP contribution in [0.4, 0.5) is 0 Å². The first-order valence-electron chi connectivity index (χ1n) is 5.99. The number of aryl methyl sites for hydroxylation is 1. The van der Waals surface area contributed by atoms with E-state index in [9.17, 15) is 4.79 Å². The molecular formula is C16H13NO3. The summed E-state index contributed by atoms with van der Waals surface area (Å²) in [5.41, 5.74) is 1.95. The molecule has 0 unspecified atom stereocenters. The average molecular weight is 267 g/mol. The van der Waals surface area contributed by atoms with Crippen LogP contribution < -0.4 is 9.47 Å². The second-order valence-corrected chi connectivity index (χ2v) is 4.22. The minimum Gasteiger partial charge on any atom is -0.493 e. The van der Waals surface area contributed by atoms with E-state index in [1.807, 2.05) is 6.92 Å². The Kier molecular flexibility index (Phi) is 4.02. The van der Waals surface area contributed by atoms with E-state index in [-0.39, 0.29) is 0 Å². The van der Waals surface area contributed by atoms with E-state index in [2.05, 4.69) is 6.07 Å². The third kappa shape index (κ3) is 2.78. The van der Waals surface area contributed by atoms with Crippen molar-refractivity contribution in [2.45, 2.75) is 6.92 Å². The van der Waals surface area contributed by atoms with Crippen LogP contribution in [0.15, 0.2) is 36.4 Å². The number of nitrogens with zero attached hydrogens (tertiary/aromatic N) is 1. The van der Waals surface area contributed by atoms with Gasteiger partial charge in [0.2, 0.25) is 0 Å². The van der Waals surface area contributed by atoms with Crippen LogP contribution in [0.1, 0.15) is 21.5 Å². The summed E-state index contributed by atoms with van der Waals surface area (Å²) in [7, 11) is 1.52. The molecule has 0 aliphatic carbocycles. The molecule has 0 fully saturated rings. The van der Waals surface area contributed by atoms with E-state index in [0.29, 0.717) is 28.4 Å². The van der Waals surface area contributed by atoms with Crippen molar-refractivity contribution in [3.05, 3.63) is 53.1 Å². The highest BCUT2D eigenvalue weighted by Crippen LogP contribution is 2.33. The molecule has 0 saturated carbocycles. The fourth-order valence-electron chi connectivity index (χ4n) is 1.79. The lowest BCUT2D eigenvalue weighted by molar-refractivity contribution is 0.112. The summed E-state index contributed by atoms with van der Waals surface area (Å²) in [5, 5.41) is 8.84. The Balaban J connectivity index is 2.35. The van der Waals surface area contributed by atoms with E-state index in [4.69, 9.17) is 14.7 Å². The van der Waals surface area contributed by atoms with Gasteiger partial charge in [-0.1, -0.05) is 0 Å². The van der Waals surface area contributed by atoms with Crippen LogP contribution in [-0.4, -0.2) is 13.4 Å². The molecule has 0 heterocycles. The van der Waals surface area contributed by atoms with Crippen molar-refractivity contribution in [3.63, 3.8) is 0 Å². The third-order valence-corrected chi connectivity index (χ3v) is 2.85. The molecule has 4 heteroatoms. The van der Waals surface area contributed by atoms with Crippen molar-refractivity contribution in [3.8, 4) is 23.3 Å². The second-order valence-electron chi connectivity index (χ2n) is 4.22. The molecule has 0 N–H and O–H groups in total. The largest absolute Gasteiger partial charge is 0.493 e. The van der Waals surface area contributed by atoms with Gasteiger partial charge in [0.1, 0.15) is 12.0 Å². The van der Waals surface area contributed by atoms with Gasteiger partial charge in [0.25, 0.3) is 0 Å². The maximum atomic E-state index is 10.7. The van der Waals surface area contributed by atoms with Crippen LogP contribution in [0.25, 0.3) is 0 Å². The molecule has 0 spiro atoms. The number of rotatable bonds is 4. The SMILES string of the molecule is COc1cc(C=O)ccc1Oc1ccc(C#N)cc1C. The highest BCUT2D eigenvalue weighted by molar-refractivity contribution is 5.76. The van der Waals surface area contributed by atoms with Crippen LogP contribution in [0.2, 0.25) is 0 Å². The predicted molar refractivity (Wildman–Crippen MR) is 74.3 cm³/mol. The van der Waals surface area contributed by atoms with Gasteiger partial charge in [0.05, 0.1) is 18.7 Å². The molecule has 0 atom stereocenters. The average Bonchev–Trinajstić information content (AvgIpc) is 2.49. The Labute approximate surface area is 117 Å². The molecule has 2 rings (SSSR count). The van der Waals surface area contributed by atoms with Crippen molar-refractivity contribution in [1.82, 2.24) is 0 Å². The molecule has 0 saturated heterocycles. The summed E-state index contributed by atoms with van der Waals surface area (Å²) >= 11 is 0. The molecule has 0 radical (unpaired) electrons. The highest BCUT2D eigenvalue weighted by Gasteiger charge is 2.09. The molecule has 0 bridgehead atoms. The molecule has 0 aliphatic heterocycles. The third-order valence-electron chi connectivity index (χ3n) is 2.85. The molecule has 2 aromatic carbocycles. The van der Waals surface area contributed by atoms with Crippen LogP contribution >= 0.6 is 0 Å². The molecule has 4 nitrogen and oxygen atoms in total. The number of benzene rings is 2. The topological polar surface area (TPSA) is 59.3 Å². The zero-order valence-corrected chi connectivity index (χ0v) is 11.2. The smallest absolute Gasteiger partial charge is 0.169 e. The maximum absolute atomic E-state index is 10.7. The van der Waals surface area contributed by atoms with E-state index < -0.39 is 0 Å². The zero-order chi connectivity index (χ0) is 14.5. The summed E-state index contributed by atoms with van der Waals surface area (Å²) in [4.78, 5) is 10.7. The Morgan fingerprint density at radius 2 is 1.85 bits per heavy atom. The fraction of sp³-hybridized carbons (Fsp3) is 0.125. The number of hydrogen-bond acceptors (Lipinski definition) is 4. The molecule has 0 aromatic heterocycles. The Morgan fingerprint density at radius 1 is 1.10 bits per heavy atom. The first-order valence-corrected chi connectivity index (χ1v) is 5.99. The maximum Gasteiger partial charge on any atom is 0.169 e. The summed E-state index contributed by atoms with van der Waals surface area (Å²) in [6.07, 6.45) is 0.749. The van der Waals surface area contributed by atoms with Crippen molar-refractivity contribution in [1.29, 1.82) is 5.26 Å². The van der Waals surface area contributed by atoms with Gasteiger partial charge in [-0.3, -0.25) is 4.79 Å². The molecule has 2 aromatic rings. The van der Waals surface area contributed by atoms with Gasteiger partial charge in [0, 0.05) is 5.56 Å². The molecular weight excluding hydrogens is 254 g/mol. The van der Waals surface area contributed by atoms with Gasteiger partial charge < -0.3 is 9.47 Å². The summed E-state index contributed by atoms with van der Waals surface area (Å²) in [5.74, 6) is 1.64. The van der Waals surface area contributed by atoms with E-state index >= 15 is 0 Å². The Hall–Kier alpha value is -2.80. The summed E-state index contributed by atoms with van der Waals surface area (Å²) in [6, 6.07) is 12.2. The van der Waals surface area contributed by atoms with Crippen LogP contribution in [0, 0.1) is 18.3 Å². The van der Waals surface area contributed by atoms with Gasteiger partial charge in [0.15, 0.2) is 11.5 Å². The van der Waals surface area contributed by atoms with Gasteiger partial charge in [-0.15, -0.1) is 0 Å². The molecule has 0 amide bonds. The van der Waals surface area contributed by atoms with Gasteiger partial charge in [-0.25, -0.2) is 0 Å². The number of nitriles is 1. The van der Waals surface area contributed by atoms with Crippen LogP contribution in [0.3, 0.4) is 0 Å². The normalized spacial score (nSPS) is 9.65. The van der Waals surface area contributed by atoms with Crippen molar-refractivity contribution < 1.29 is 14.3 Å². The van der Waals surface area contributed by atoms with E-state index in [1.54, 1.807) is 36.4 Å². The summed E-state index contributed by atoms with van der Waals surface area (Å²) in [6.45, 7) is 1.86. The second kappa shape index (κ2) is 5.89. The van der Waals surface area contributed by atoms with Gasteiger partial charge >= 0.3 is 0 Å². The first kappa shape index (κ1) is 13.6. The van der Waals surface area contributed by atoms with Crippen LogP contribution in [0.5, 0.6) is 17.2 Å². The highest BCUT2D eigenvalue weighted by atomic mass is 16.5. The molecule has 100 valence electrons. The Bertz CT molecular complexity index is 687. The standard InChI is InChI=1S/C16H13NO3/c1-11-7-12(9-17)3-5-14(11)20-15-6-4-13(10-18)8-16(15)19-2/h3-8,10H,1-2H3. The quantitative estimate of drug-likeness (QED) is 0.796. The van der Waals surface area contributed by atoms with Gasteiger partial charge in [-0.05, 0) is 48.9 Å². The van der Waals surface area contributed by atoms with E-state index in [1.165, 1.54) is 7.11 Å². The van der Waals surface area contributed by atoms with Crippen LogP contribution in [-0.2, 0) is 0 Å².